The number of anilines is 1. The quantitative estimate of drug-likeness (QED) is 0.172. The number of rotatable bonds is 7. The molecule has 35 heavy (non-hydrogen) atoms. The summed E-state index contributed by atoms with van der Waals surface area (Å²) in [6.07, 6.45) is 0.109. The maximum absolute atomic E-state index is 13.3. The number of hydrogen-bond acceptors (Lipinski definition) is 6. The Labute approximate surface area is 206 Å². The van der Waals surface area contributed by atoms with Crippen LogP contribution in [0.1, 0.15) is 37.5 Å². The largest absolute Gasteiger partial charge is 0.382 e. The first-order valence-electron chi connectivity index (χ1n) is 11.1. The van der Waals surface area contributed by atoms with Gasteiger partial charge >= 0.3 is 0 Å². The van der Waals surface area contributed by atoms with E-state index in [4.69, 9.17) is 11.6 Å². The van der Waals surface area contributed by atoms with Crippen LogP contribution in [0.4, 0.5) is 5.69 Å². The lowest BCUT2D eigenvalue weighted by atomic mass is 9.98. The minimum absolute atomic E-state index is 0.0498. The van der Waals surface area contributed by atoms with Crippen molar-refractivity contribution in [3.8, 4) is 11.1 Å². The van der Waals surface area contributed by atoms with Crippen LogP contribution in [0.25, 0.3) is 11.1 Å². The highest BCUT2D eigenvalue weighted by molar-refractivity contribution is 7.93. The van der Waals surface area contributed by atoms with E-state index in [-0.39, 0.29) is 28.7 Å². The van der Waals surface area contributed by atoms with E-state index in [0.717, 1.165) is 11.1 Å². The topological polar surface area (TPSA) is 140 Å². The molecule has 0 unspecified atom stereocenters. The maximum Gasteiger partial charge on any atom is 0.228 e. The Morgan fingerprint density at radius 1 is 1.00 bits per heavy atom. The first kappa shape index (κ1) is 25.9. The van der Waals surface area contributed by atoms with Gasteiger partial charge in [0.2, 0.25) is 5.91 Å². The second-order valence-electron chi connectivity index (χ2n) is 9.21. The van der Waals surface area contributed by atoms with Crippen molar-refractivity contribution >= 4 is 27.3 Å². The summed E-state index contributed by atoms with van der Waals surface area (Å²) < 4.78 is 25.6. The number of amidine groups is 1. The van der Waals surface area contributed by atoms with Crippen molar-refractivity contribution in [2.75, 3.05) is 5.32 Å². The minimum Gasteiger partial charge on any atom is -0.382 e. The number of carbonyl (C=O) groups excluding carboxylic acids is 1. The average Bonchev–Trinajstić information content (AvgIpc) is 2.80. The Bertz CT molecular complexity index is 1360. The molecule has 0 atom stereocenters. The fraction of sp³-hybridized carbons (Fsp3) is 0.231. The Hall–Kier alpha value is -3.69. The van der Waals surface area contributed by atoms with Crippen molar-refractivity contribution in [1.29, 1.82) is 0 Å². The molecule has 184 valence electrons. The van der Waals surface area contributed by atoms with Gasteiger partial charge in [-0.2, -0.15) is 0 Å². The molecule has 0 fully saturated rings. The summed E-state index contributed by atoms with van der Waals surface area (Å²) in [5.41, 5.74) is 12.3. The second-order valence-corrected chi connectivity index (χ2v) is 11.9. The molecular weight excluding hydrogens is 462 g/mol. The highest BCUT2D eigenvalue weighted by Gasteiger charge is 2.33. The van der Waals surface area contributed by atoms with E-state index in [1.54, 1.807) is 45.0 Å². The molecule has 0 radical (unpaired) electrons. The predicted molar refractivity (Wildman–Crippen MR) is 140 cm³/mol. The van der Waals surface area contributed by atoms with Crippen molar-refractivity contribution in [2.45, 2.75) is 43.8 Å². The standard InChI is InChI=1S/C26H31N5O3S/c1-17-9-11-18(12-10-17)15-24(32)29-22-16-19(13-14-23(22)35(33,34)26(2,3)4)20-7-5-6-8-21(20)25(27)30-31-28/h5-14,16,31H,15,28H2,1-4H3,(H2,27,30)(H,29,32). The van der Waals surface area contributed by atoms with Crippen LogP contribution < -0.4 is 22.4 Å². The molecule has 0 heterocycles. The van der Waals surface area contributed by atoms with Crippen molar-refractivity contribution < 1.29 is 13.2 Å². The number of nitrogens with zero attached hydrogens (tertiary/aromatic N) is 1. The number of aryl methyl sites for hydroxylation is 1. The van der Waals surface area contributed by atoms with Gasteiger partial charge in [0.25, 0.3) is 0 Å². The van der Waals surface area contributed by atoms with Crippen molar-refractivity contribution in [1.82, 2.24) is 5.53 Å². The molecule has 3 rings (SSSR count). The zero-order chi connectivity index (χ0) is 25.8. The Balaban J connectivity index is 2.10. The molecule has 8 nitrogen and oxygen atoms in total. The van der Waals surface area contributed by atoms with Gasteiger partial charge in [-0.3, -0.25) is 4.79 Å². The molecule has 0 aliphatic heterocycles. The molecule has 9 heteroatoms. The highest BCUT2D eigenvalue weighted by atomic mass is 32.2. The molecule has 0 spiro atoms. The Morgan fingerprint density at radius 2 is 1.66 bits per heavy atom. The Morgan fingerprint density at radius 3 is 2.29 bits per heavy atom. The van der Waals surface area contributed by atoms with Crippen LogP contribution >= 0.6 is 0 Å². The van der Waals surface area contributed by atoms with Gasteiger partial charge < -0.3 is 11.1 Å². The summed E-state index contributed by atoms with van der Waals surface area (Å²) >= 11 is 0. The second kappa shape index (κ2) is 10.3. The fourth-order valence-corrected chi connectivity index (χ4v) is 4.84. The summed E-state index contributed by atoms with van der Waals surface area (Å²) in [5, 5.41) is 6.67. The van der Waals surface area contributed by atoms with E-state index in [1.807, 2.05) is 43.3 Å². The Kier molecular flexibility index (Phi) is 7.62. The molecule has 1 amide bonds. The fourth-order valence-electron chi connectivity index (χ4n) is 3.53. The van der Waals surface area contributed by atoms with E-state index in [1.165, 1.54) is 6.07 Å². The molecule has 0 bridgehead atoms. The predicted octanol–water partition coefficient (Wildman–Crippen LogP) is 3.50. The van der Waals surface area contributed by atoms with Crippen LogP contribution in [0.3, 0.4) is 0 Å². The van der Waals surface area contributed by atoms with Crippen LogP contribution in [-0.2, 0) is 21.1 Å². The summed E-state index contributed by atoms with van der Waals surface area (Å²) in [6.45, 7) is 6.85. The SMILES string of the molecule is Cc1ccc(CC(=O)Nc2cc(-c3ccccc3/C(N)=N/NN)ccc2S(=O)(=O)C(C)(C)C)cc1. The molecule has 0 aliphatic carbocycles. The molecule has 0 aromatic heterocycles. The van der Waals surface area contributed by atoms with Crippen molar-refractivity contribution in [2.24, 2.45) is 16.7 Å². The van der Waals surface area contributed by atoms with Gasteiger partial charge in [0.15, 0.2) is 15.7 Å². The highest BCUT2D eigenvalue weighted by Crippen LogP contribution is 2.35. The molecule has 0 saturated carbocycles. The van der Waals surface area contributed by atoms with Crippen molar-refractivity contribution in [3.05, 3.63) is 83.4 Å². The van der Waals surface area contributed by atoms with Gasteiger partial charge in [-0.25, -0.2) is 19.8 Å². The lowest BCUT2D eigenvalue weighted by Crippen LogP contribution is -2.29. The number of hydrazone groups is 1. The summed E-state index contributed by atoms with van der Waals surface area (Å²) in [4.78, 5) is 13.0. The van der Waals surface area contributed by atoms with Gasteiger partial charge in [-0.1, -0.05) is 60.2 Å². The number of carbonyl (C=O) groups is 1. The number of benzene rings is 3. The maximum atomic E-state index is 13.3. The van der Waals surface area contributed by atoms with Crippen LogP contribution in [-0.4, -0.2) is 24.9 Å². The first-order valence-corrected chi connectivity index (χ1v) is 12.5. The summed E-state index contributed by atoms with van der Waals surface area (Å²) in [5.74, 6) is 5.13. The van der Waals surface area contributed by atoms with Crippen LogP contribution in [0.2, 0.25) is 0 Å². The van der Waals surface area contributed by atoms with E-state index in [2.05, 4.69) is 16.0 Å². The number of sulfone groups is 1. The third-order valence-corrected chi connectivity index (χ3v) is 8.08. The molecule has 3 aromatic carbocycles. The zero-order valence-electron chi connectivity index (χ0n) is 20.3. The third kappa shape index (κ3) is 5.87. The van der Waals surface area contributed by atoms with Crippen LogP contribution in [0, 0.1) is 6.92 Å². The molecule has 0 aliphatic rings. The van der Waals surface area contributed by atoms with E-state index >= 15 is 0 Å². The van der Waals surface area contributed by atoms with Gasteiger partial charge in [0.05, 0.1) is 21.8 Å². The molecule has 0 saturated heterocycles. The van der Waals surface area contributed by atoms with Crippen LogP contribution in [0.15, 0.2) is 76.7 Å². The minimum atomic E-state index is -3.75. The van der Waals surface area contributed by atoms with Gasteiger partial charge in [-0.05, 0) is 56.5 Å². The first-order chi connectivity index (χ1) is 16.4. The number of amides is 1. The van der Waals surface area contributed by atoms with Gasteiger partial charge in [0, 0.05) is 5.56 Å². The normalized spacial score (nSPS) is 12.3. The zero-order valence-corrected chi connectivity index (χ0v) is 21.1. The lowest BCUT2D eigenvalue weighted by molar-refractivity contribution is -0.115. The van der Waals surface area contributed by atoms with Crippen molar-refractivity contribution in [3.63, 3.8) is 0 Å². The lowest BCUT2D eigenvalue weighted by Gasteiger charge is -2.22. The van der Waals surface area contributed by atoms with E-state index < -0.39 is 14.6 Å². The van der Waals surface area contributed by atoms with E-state index in [0.29, 0.717) is 16.7 Å². The number of hydrogen-bond donors (Lipinski definition) is 4. The summed E-state index contributed by atoms with van der Waals surface area (Å²) in [7, 11) is -3.75. The monoisotopic (exact) mass is 493 g/mol. The third-order valence-electron chi connectivity index (χ3n) is 5.53. The number of nitrogens with one attached hydrogen (secondary N) is 2. The van der Waals surface area contributed by atoms with Gasteiger partial charge in [0.1, 0.15) is 0 Å². The molecular formula is C26H31N5O3S. The van der Waals surface area contributed by atoms with Crippen LogP contribution in [0.5, 0.6) is 0 Å². The average molecular weight is 494 g/mol. The summed E-state index contributed by atoms with van der Waals surface area (Å²) in [6, 6.07) is 19.7. The number of hydrazine groups is 1. The molecule has 3 aromatic rings. The molecule has 6 N–H and O–H groups in total. The van der Waals surface area contributed by atoms with E-state index in [9.17, 15) is 13.2 Å². The number of nitrogens with two attached hydrogens (primary N) is 2. The smallest absolute Gasteiger partial charge is 0.228 e. The van der Waals surface area contributed by atoms with Gasteiger partial charge in [-0.15, -0.1) is 5.10 Å².